The summed E-state index contributed by atoms with van der Waals surface area (Å²) in [4.78, 5) is 11.8. The molecule has 2 aliphatic carbocycles. The fourth-order valence-corrected chi connectivity index (χ4v) is 5.40. The summed E-state index contributed by atoms with van der Waals surface area (Å²) in [5.41, 5.74) is 3.82. The highest BCUT2D eigenvalue weighted by Gasteiger charge is 2.37. The molecular formula is C20H23Cl2N5. The van der Waals surface area contributed by atoms with Gasteiger partial charge >= 0.3 is 0 Å². The number of aromatic amines is 1. The summed E-state index contributed by atoms with van der Waals surface area (Å²) in [5, 5.41) is 8.66. The summed E-state index contributed by atoms with van der Waals surface area (Å²) in [5.74, 6) is 0.926. The van der Waals surface area contributed by atoms with Crippen LogP contribution in [0.5, 0.6) is 0 Å². The van der Waals surface area contributed by atoms with Crippen molar-refractivity contribution in [3.8, 4) is 0 Å². The Morgan fingerprint density at radius 3 is 2.63 bits per heavy atom. The predicted molar refractivity (Wildman–Crippen MR) is 110 cm³/mol. The van der Waals surface area contributed by atoms with Crippen LogP contribution in [0.15, 0.2) is 22.3 Å². The van der Waals surface area contributed by atoms with Crippen LogP contribution in [-0.2, 0) is 0 Å². The van der Waals surface area contributed by atoms with Crippen molar-refractivity contribution in [3.63, 3.8) is 0 Å². The lowest BCUT2D eigenvalue weighted by molar-refractivity contribution is 0.226. The first kappa shape index (κ1) is 17.5. The SMILES string of the molecule is ClC1=CCCC(c2[nH]nc3nc(N4CCC5(CCCC5)CC4)cnc23)=C1Cl. The number of piperidine rings is 1. The maximum absolute atomic E-state index is 6.41. The van der Waals surface area contributed by atoms with Crippen LogP contribution >= 0.6 is 23.2 Å². The summed E-state index contributed by atoms with van der Waals surface area (Å²) in [7, 11) is 0. The van der Waals surface area contributed by atoms with Crippen molar-refractivity contribution in [3.05, 3.63) is 28.0 Å². The fourth-order valence-electron chi connectivity index (χ4n) is 4.91. The largest absolute Gasteiger partial charge is 0.355 e. The number of allylic oxidation sites excluding steroid dienone is 4. The van der Waals surface area contributed by atoms with E-state index < -0.39 is 0 Å². The first-order valence-electron chi connectivity index (χ1n) is 9.86. The molecule has 0 bridgehead atoms. The number of fused-ring (bicyclic) bond motifs is 1. The van der Waals surface area contributed by atoms with Gasteiger partial charge in [-0.1, -0.05) is 42.1 Å². The zero-order valence-electron chi connectivity index (χ0n) is 15.3. The lowest BCUT2D eigenvalue weighted by Crippen LogP contribution is -2.39. The smallest absolute Gasteiger partial charge is 0.202 e. The van der Waals surface area contributed by atoms with Gasteiger partial charge in [-0.2, -0.15) is 5.10 Å². The van der Waals surface area contributed by atoms with Crippen LogP contribution in [0.1, 0.15) is 57.1 Å². The normalized spacial score (nSPS) is 22.7. The van der Waals surface area contributed by atoms with Crippen LogP contribution in [0.3, 0.4) is 0 Å². The van der Waals surface area contributed by atoms with Crippen molar-refractivity contribution in [2.45, 2.75) is 51.4 Å². The number of anilines is 1. The Hall–Kier alpha value is -1.59. The zero-order valence-corrected chi connectivity index (χ0v) is 16.8. The number of nitrogens with zero attached hydrogens (tertiary/aromatic N) is 4. The maximum Gasteiger partial charge on any atom is 0.202 e. The number of hydrogen-bond acceptors (Lipinski definition) is 4. The lowest BCUT2D eigenvalue weighted by atomic mass is 9.77. The Balaban J connectivity index is 1.41. The quantitative estimate of drug-likeness (QED) is 0.730. The second-order valence-electron chi connectivity index (χ2n) is 8.08. The highest BCUT2D eigenvalue weighted by Crippen LogP contribution is 2.46. The van der Waals surface area contributed by atoms with Gasteiger partial charge in [0.1, 0.15) is 11.3 Å². The van der Waals surface area contributed by atoms with E-state index in [0.29, 0.717) is 21.1 Å². The molecule has 0 aromatic carbocycles. The third-order valence-electron chi connectivity index (χ3n) is 6.56. The molecule has 1 saturated carbocycles. The second kappa shape index (κ2) is 6.78. The highest BCUT2D eigenvalue weighted by molar-refractivity contribution is 6.46. The topological polar surface area (TPSA) is 57.7 Å². The molecule has 2 fully saturated rings. The Kier molecular flexibility index (Phi) is 4.40. The third-order valence-corrected chi connectivity index (χ3v) is 7.43. The molecule has 3 heterocycles. The van der Waals surface area contributed by atoms with Crippen LogP contribution in [0.2, 0.25) is 0 Å². The Labute approximate surface area is 168 Å². The minimum absolute atomic E-state index is 0.581. The van der Waals surface area contributed by atoms with Gasteiger partial charge in [0.2, 0.25) is 5.65 Å². The van der Waals surface area contributed by atoms with Gasteiger partial charge in [0.15, 0.2) is 0 Å². The Morgan fingerprint density at radius 2 is 1.85 bits per heavy atom. The van der Waals surface area contributed by atoms with E-state index in [2.05, 4.69) is 20.1 Å². The van der Waals surface area contributed by atoms with Crippen molar-refractivity contribution in [2.75, 3.05) is 18.0 Å². The van der Waals surface area contributed by atoms with Gasteiger partial charge < -0.3 is 4.90 Å². The van der Waals surface area contributed by atoms with E-state index in [0.717, 1.165) is 48.5 Å². The molecule has 0 atom stereocenters. The van der Waals surface area contributed by atoms with Crippen molar-refractivity contribution in [1.29, 1.82) is 0 Å². The molecule has 1 spiro atoms. The van der Waals surface area contributed by atoms with Crippen molar-refractivity contribution in [1.82, 2.24) is 20.2 Å². The van der Waals surface area contributed by atoms with E-state index in [4.69, 9.17) is 28.2 Å². The first-order chi connectivity index (χ1) is 13.2. The van der Waals surface area contributed by atoms with Gasteiger partial charge in [0, 0.05) is 13.1 Å². The molecule has 5 rings (SSSR count). The molecular weight excluding hydrogens is 381 g/mol. The first-order valence-corrected chi connectivity index (χ1v) is 10.6. The number of halogens is 2. The third kappa shape index (κ3) is 3.05. The van der Waals surface area contributed by atoms with E-state index in [-0.39, 0.29) is 0 Å². The van der Waals surface area contributed by atoms with Crippen LogP contribution in [0, 0.1) is 5.41 Å². The van der Waals surface area contributed by atoms with Crippen molar-refractivity contribution < 1.29 is 0 Å². The molecule has 27 heavy (non-hydrogen) atoms. The Morgan fingerprint density at radius 1 is 1.07 bits per heavy atom. The number of hydrogen-bond donors (Lipinski definition) is 1. The predicted octanol–water partition coefficient (Wildman–Crippen LogP) is 5.38. The monoisotopic (exact) mass is 403 g/mol. The van der Waals surface area contributed by atoms with E-state index >= 15 is 0 Å². The number of aromatic nitrogens is 4. The van der Waals surface area contributed by atoms with Crippen LogP contribution in [0.4, 0.5) is 5.82 Å². The minimum atomic E-state index is 0.581. The lowest BCUT2D eigenvalue weighted by Gasteiger charge is -2.39. The molecule has 5 nitrogen and oxygen atoms in total. The van der Waals surface area contributed by atoms with E-state index in [9.17, 15) is 0 Å². The van der Waals surface area contributed by atoms with Gasteiger partial charge in [0.05, 0.1) is 22.0 Å². The van der Waals surface area contributed by atoms with E-state index in [1.807, 2.05) is 12.3 Å². The summed E-state index contributed by atoms with van der Waals surface area (Å²) in [6, 6.07) is 0. The number of nitrogens with one attached hydrogen (secondary N) is 1. The molecule has 0 amide bonds. The molecule has 3 aliphatic rings. The number of rotatable bonds is 2. The van der Waals surface area contributed by atoms with E-state index in [1.165, 1.54) is 38.5 Å². The molecule has 2 aromatic heterocycles. The molecule has 0 radical (unpaired) electrons. The molecule has 1 aliphatic heterocycles. The van der Waals surface area contributed by atoms with Crippen LogP contribution < -0.4 is 4.90 Å². The average Bonchev–Trinajstić information content (AvgIpc) is 3.31. The second-order valence-corrected chi connectivity index (χ2v) is 8.86. The summed E-state index contributed by atoms with van der Waals surface area (Å²) >= 11 is 12.6. The Bertz CT molecular complexity index is 929. The summed E-state index contributed by atoms with van der Waals surface area (Å²) in [6.45, 7) is 2.13. The number of H-pyrrole nitrogens is 1. The summed E-state index contributed by atoms with van der Waals surface area (Å²) in [6.07, 6.45) is 13.7. The van der Waals surface area contributed by atoms with Gasteiger partial charge in [0.25, 0.3) is 0 Å². The van der Waals surface area contributed by atoms with Crippen molar-refractivity contribution in [2.24, 2.45) is 5.41 Å². The van der Waals surface area contributed by atoms with Crippen molar-refractivity contribution >= 4 is 45.8 Å². The summed E-state index contributed by atoms with van der Waals surface area (Å²) < 4.78 is 0. The van der Waals surface area contributed by atoms with Crippen LogP contribution in [0.25, 0.3) is 16.7 Å². The van der Waals surface area contributed by atoms with Gasteiger partial charge in [-0.15, -0.1) is 0 Å². The van der Waals surface area contributed by atoms with Gasteiger partial charge in [-0.05, 0) is 49.5 Å². The fraction of sp³-hybridized carbons (Fsp3) is 0.550. The standard InChI is InChI=1S/C20H23Cl2N5/c21-14-5-3-4-13(16(14)22)17-18-19(26-25-17)24-15(12-23-18)27-10-8-20(9-11-27)6-1-2-7-20/h5,12H,1-4,6-11H2,(H,24,25,26). The van der Waals surface area contributed by atoms with Gasteiger partial charge in [-0.3, -0.25) is 5.10 Å². The highest BCUT2D eigenvalue weighted by atomic mass is 35.5. The van der Waals surface area contributed by atoms with Gasteiger partial charge in [-0.25, -0.2) is 9.97 Å². The molecule has 0 unspecified atom stereocenters. The molecule has 1 saturated heterocycles. The maximum atomic E-state index is 6.41. The molecule has 1 N–H and O–H groups in total. The average molecular weight is 404 g/mol. The molecule has 7 heteroatoms. The van der Waals surface area contributed by atoms with Crippen LogP contribution in [-0.4, -0.2) is 33.3 Å². The van der Waals surface area contributed by atoms with E-state index in [1.54, 1.807) is 0 Å². The molecule has 2 aromatic rings. The minimum Gasteiger partial charge on any atom is -0.355 e. The zero-order chi connectivity index (χ0) is 18.4. The molecule has 142 valence electrons.